The number of fused-ring (bicyclic) bond motifs is 1. The van der Waals surface area contributed by atoms with Crippen LogP contribution in [0.2, 0.25) is 0 Å². The third-order valence-electron chi connectivity index (χ3n) is 8.14. The van der Waals surface area contributed by atoms with E-state index in [0.29, 0.717) is 45.7 Å². The van der Waals surface area contributed by atoms with E-state index in [1.54, 1.807) is 14.2 Å². The van der Waals surface area contributed by atoms with Gasteiger partial charge in [-0.2, -0.15) is 0 Å². The summed E-state index contributed by atoms with van der Waals surface area (Å²) in [6, 6.07) is 30.2. The number of benzene rings is 3. The molecule has 0 unspecified atom stereocenters. The molecule has 3 aromatic rings. The van der Waals surface area contributed by atoms with Crippen LogP contribution in [0.5, 0.6) is 0 Å². The van der Waals surface area contributed by atoms with Crippen LogP contribution in [0.4, 0.5) is 0 Å². The molecule has 2 aliphatic rings. The highest BCUT2D eigenvalue weighted by Gasteiger charge is 2.52. The first kappa shape index (κ1) is 31.8. The summed E-state index contributed by atoms with van der Waals surface area (Å²) in [6.45, 7) is 1.55. The van der Waals surface area contributed by atoms with Gasteiger partial charge >= 0.3 is 0 Å². The Morgan fingerprint density at radius 1 is 0.698 bits per heavy atom. The molecule has 2 fully saturated rings. The molecule has 0 spiro atoms. The molecule has 0 saturated carbocycles. The van der Waals surface area contributed by atoms with E-state index in [9.17, 15) is 5.11 Å². The highest BCUT2D eigenvalue weighted by Crippen LogP contribution is 2.37. The van der Waals surface area contributed by atoms with Crippen molar-refractivity contribution in [2.24, 2.45) is 0 Å². The summed E-state index contributed by atoms with van der Waals surface area (Å²) in [5.74, 6) is 0. The number of aliphatic hydroxyl groups is 1. The normalized spacial score (nSPS) is 27.2. The van der Waals surface area contributed by atoms with Crippen LogP contribution in [0, 0.1) is 0 Å². The Hall–Kier alpha value is -2.66. The van der Waals surface area contributed by atoms with E-state index in [1.807, 2.05) is 91.0 Å². The van der Waals surface area contributed by atoms with Crippen molar-refractivity contribution in [2.45, 2.75) is 88.1 Å². The first-order chi connectivity index (χ1) is 21.1. The van der Waals surface area contributed by atoms with Crippen molar-refractivity contribution >= 4 is 0 Å². The van der Waals surface area contributed by atoms with Gasteiger partial charge in [-0.25, -0.2) is 0 Å². The minimum atomic E-state index is -0.696. The van der Waals surface area contributed by atoms with Crippen molar-refractivity contribution < 1.29 is 38.3 Å². The molecule has 8 heteroatoms. The van der Waals surface area contributed by atoms with Gasteiger partial charge in [-0.1, -0.05) is 91.0 Å². The molecule has 0 radical (unpaired) electrons. The lowest BCUT2D eigenvalue weighted by Gasteiger charge is -2.50. The first-order valence-electron chi connectivity index (χ1n) is 15.1. The van der Waals surface area contributed by atoms with Crippen molar-refractivity contribution in [3.8, 4) is 0 Å². The molecule has 0 bridgehead atoms. The monoisotopic (exact) mass is 592 g/mol. The number of ether oxygens (including phenoxy) is 7. The van der Waals surface area contributed by atoms with Gasteiger partial charge in [-0.15, -0.1) is 0 Å². The zero-order valence-electron chi connectivity index (χ0n) is 25.0. The standard InChI is InChI=1S/C35H44O8/c1-37-32(38-2)19-18-29-28(36)20-30-34(43-29)35(41-23-27-16-10-5-11-17-27)33(40-22-26-14-8-4-9-15-26)31(42-30)24-39-21-25-12-6-3-7-13-25/h3-17,28-36H,18-24H2,1-2H3/t28-,29+,30+,31-,33-,34+,35+/m1/s1. The van der Waals surface area contributed by atoms with Crippen LogP contribution in [0.15, 0.2) is 91.0 Å². The summed E-state index contributed by atoms with van der Waals surface area (Å²) in [6.07, 6.45) is -2.06. The smallest absolute Gasteiger partial charge is 0.156 e. The van der Waals surface area contributed by atoms with E-state index in [1.165, 1.54) is 0 Å². The second-order valence-corrected chi connectivity index (χ2v) is 11.2. The zero-order chi connectivity index (χ0) is 29.9. The third-order valence-corrected chi connectivity index (χ3v) is 8.14. The van der Waals surface area contributed by atoms with Gasteiger partial charge in [0.25, 0.3) is 0 Å². The van der Waals surface area contributed by atoms with Gasteiger partial charge in [0.2, 0.25) is 0 Å². The fourth-order valence-corrected chi connectivity index (χ4v) is 5.85. The van der Waals surface area contributed by atoms with Crippen molar-refractivity contribution in [1.29, 1.82) is 0 Å². The minimum absolute atomic E-state index is 0.311. The van der Waals surface area contributed by atoms with Gasteiger partial charge in [-0.05, 0) is 23.1 Å². The molecule has 5 rings (SSSR count). The molecule has 0 amide bonds. The van der Waals surface area contributed by atoms with Crippen LogP contribution in [0.3, 0.4) is 0 Å². The van der Waals surface area contributed by atoms with Crippen molar-refractivity contribution in [3.05, 3.63) is 108 Å². The molecule has 3 aromatic carbocycles. The average molecular weight is 593 g/mol. The predicted octanol–water partition coefficient (Wildman–Crippen LogP) is 5.06. The Morgan fingerprint density at radius 2 is 1.23 bits per heavy atom. The number of hydrogen-bond donors (Lipinski definition) is 1. The van der Waals surface area contributed by atoms with Crippen LogP contribution in [0.1, 0.15) is 36.0 Å². The second kappa shape index (κ2) is 16.4. The number of rotatable bonds is 15. The molecule has 2 aliphatic heterocycles. The molecule has 2 heterocycles. The van der Waals surface area contributed by atoms with E-state index < -0.39 is 36.6 Å². The molecular formula is C35H44O8. The third kappa shape index (κ3) is 8.94. The minimum Gasteiger partial charge on any atom is -0.390 e. The Balaban J connectivity index is 1.37. The van der Waals surface area contributed by atoms with E-state index >= 15 is 0 Å². The topological polar surface area (TPSA) is 84.8 Å². The van der Waals surface area contributed by atoms with Gasteiger partial charge < -0.3 is 38.3 Å². The fourth-order valence-electron chi connectivity index (χ4n) is 5.85. The number of methoxy groups -OCH3 is 2. The lowest BCUT2D eigenvalue weighted by atomic mass is 9.87. The SMILES string of the molecule is COC(CC[C@@H]1O[C@@H]2[C@@H](OCc3ccccc3)[C@H](OCc3ccccc3)[C@@H](COCc3ccccc3)O[C@H]2C[C@H]1O)OC. The predicted molar refractivity (Wildman–Crippen MR) is 161 cm³/mol. The summed E-state index contributed by atoms with van der Waals surface area (Å²) in [4.78, 5) is 0. The fraction of sp³-hybridized carbons (Fsp3) is 0.486. The summed E-state index contributed by atoms with van der Waals surface area (Å²) in [7, 11) is 3.22. The molecule has 43 heavy (non-hydrogen) atoms. The van der Waals surface area contributed by atoms with E-state index in [2.05, 4.69) is 0 Å². The van der Waals surface area contributed by atoms with Gasteiger partial charge in [-0.3, -0.25) is 0 Å². The molecule has 0 aromatic heterocycles. The number of aliphatic hydroxyl groups excluding tert-OH is 1. The molecule has 232 valence electrons. The van der Waals surface area contributed by atoms with Crippen LogP contribution >= 0.6 is 0 Å². The van der Waals surface area contributed by atoms with Crippen molar-refractivity contribution in [3.63, 3.8) is 0 Å². The highest BCUT2D eigenvalue weighted by molar-refractivity contribution is 5.15. The maximum absolute atomic E-state index is 11.1. The van der Waals surface area contributed by atoms with Gasteiger partial charge in [0.15, 0.2) is 6.29 Å². The van der Waals surface area contributed by atoms with Crippen LogP contribution in [-0.4, -0.2) is 75.0 Å². The van der Waals surface area contributed by atoms with Crippen LogP contribution in [-0.2, 0) is 53.0 Å². The maximum atomic E-state index is 11.1. The summed E-state index contributed by atoms with van der Waals surface area (Å²) >= 11 is 0. The summed E-state index contributed by atoms with van der Waals surface area (Å²) < 4.78 is 43.5. The Morgan fingerprint density at radius 3 is 1.79 bits per heavy atom. The molecule has 8 nitrogen and oxygen atoms in total. The molecule has 7 atom stereocenters. The molecule has 2 saturated heterocycles. The quantitative estimate of drug-likeness (QED) is 0.245. The van der Waals surface area contributed by atoms with E-state index in [0.717, 1.165) is 16.7 Å². The van der Waals surface area contributed by atoms with Crippen LogP contribution in [0.25, 0.3) is 0 Å². The Labute approximate surface area is 254 Å². The largest absolute Gasteiger partial charge is 0.390 e. The summed E-state index contributed by atoms with van der Waals surface area (Å²) in [5, 5.41) is 11.1. The molecule has 0 aliphatic carbocycles. The van der Waals surface area contributed by atoms with Crippen molar-refractivity contribution in [1.82, 2.24) is 0 Å². The first-order valence-corrected chi connectivity index (χ1v) is 15.1. The number of hydrogen-bond acceptors (Lipinski definition) is 8. The van der Waals surface area contributed by atoms with Crippen molar-refractivity contribution in [2.75, 3.05) is 20.8 Å². The van der Waals surface area contributed by atoms with E-state index in [-0.39, 0.29) is 12.4 Å². The summed E-state index contributed by atoms with van der Waals surface area (Å²) in [5.41, 5.74) is 3.19. The average Bonchev–Trinajstić information content (AvgIpc) is 3.05. The lowest BCUT2D eigenvalue weighted by Crippen LogP contribution is -2.65. The van der Waals surface area contributed by atoms with E-state index in [4.69, 9.17) is 33.2 Å². The maximum Gasteiger partial charge on any atom is 0.156 e. The zero-order valence-corrected chi connectivity index (χ0v) is 25.0. The second-order valence-electron chi connectivity index (χ2n) is 11.2. The molecular weight excluding hydrogens is 548 g/mol. The highest BCUT2D eigenvalue weighted by atomic mass is 16.7. The Kier molecular flexibility index (Phi) is 12.1. The van der Waals surface area contributed by atoms with Gasteiger partial charge in [0, 0.05) is 27.1 Å². The van der Waals surface area contributed by atoms with Gasteiger partial charge in [0.05, 0.1) is 44.7 Å². The van der Waals surface area contributed by atoms with Crippen LogP contribution < -0.4 is 0 Å². The Bertz CT molecular complexity index is 1180. The van der Waals surface area contributed by atoms with Gasteiger partial charge in [0.1, 0.15) is 24.4 Å². The molecule has 1 N–H and O–H groups in total. The lowest BCUT2D eigenvalue weighted by molar-refractivity contribution is -0.305.